The van der Waals surface area contributed by atoms with Crippen LogP contribution in [0, 0.1) is 0 Å². The molecule has 1 fully saturated rings. The quantitative estimate of drug-likeness (QED) is 0.749. The molecule has 0 aromatic carbocycles. The monoisotopic (exact) mass is 208 g/mol. The Morgan fingerprint density at radius 3 is 2.87 bits per heavy atom. The molecule has 1 aliphatic rings. The van der Waals surface area contributed by atoms with Crippen LogP contribution in [-0.4, -0.2) is 35.8 Å². The van der Waals surface area contributed by atoms with Gasteiger partial charge in [-0.15, -0.1) is 0 Å². The summed E-state index contributed by atoms with van der Waals surface area (Å²) < 4.78 is 7.70. The normalized spacial score (nSPS) is 18.2. The van der Waals surface area contributed by atoms with Gasteiger partial charge in [-0.05, 0) is 18.6 Å². The van der Waals surface area contributed by atoms with Gasteiger partial charge < -0.3 is 9.30 Å². The highest BCUT2D eigenvalue weighted by atomic mass is 16.5. The summed E-state index contributed by atoms with van der Waals surface area (Å²) in [7, 11) is 0. The highest BCUT2D eigenvalue weighted by molar-refractivity contribution is 5.07. The highest BCUT2D eigenvalue weighted by Crippen LogP contribution is 2.09. The summed E-state index contributed by atoms with van der Waals surface area (Å²) in [5.74, 6) is 0. The smallest absolute Gasteiger partial charge is 0.0594 e. The van der Waals surface area contributed by atoms with Gasteiger partial charge >= 0.3 is 0 Å². The van der Waals surface area contributed by atoms with Crippen LogP contribution in [0.15, 0.2) is 18.3 Å². The third-order valence-electron chi connectivity index (χ3n) is 2.88. The molecule has 0 atom stereocenters. The van der Waals surface area contributed by atoms with Crippen molar-refractivity contribution in [2.75, 3.05) is 26.3 Å². The number of aromatic nitrogens is 1. The van der Waals surface area contributed by atoms with Crippen LogP contribution < -0.4 is 0 Å². The van der Waals surface area contributed by atoms with Gasteiger partial charge in [0.05, 0.1) is 13.2 Å². The van der Waals surface area contributed by atoms with E-state index in [1.807, 2.05) is 0 Å². The summed E-state index contributed by atoms with van der Waals surface area (Å²) in [6, 6.07) is 4.37. The van der Waals surface area contributed by atoms with Crippen LogP contribution in [0.2, 0.25) is 0 Å². The molecule has 15 heavy (non-hydrogen) atoms. The minimum Gasteiger partial charge on any atom is -0.379 e. The lowest BCUT2D eigenvalue weighted by Crippen LogP contribution is -2.36. The predicted octanol–water partition coefficient (Wildman–Crippen LogP) is 1.73. The second-order valence-electron chi connectivity index (χ2n) is 4.08. The van der Waals surface area contributed by atoms with Gasteiger partial charge in [-0.1, -0.05) is 6.92 Å². The van der Waals surface area contributed by atoms with Crippen molar-refractivity contribution in [2.45, 2.75) is 26.4 Å². The van der Waals surface area contributed by atoms with Crippen molar-refractivity contribution >= 4 is 0 Å². The summed E-state index contributed by atoms with van der Waals surface area (Å²) in [4.78, 5) is 2.46. The van der Waals surface area contributed by atoms with Crippen molar-refractivity contribution in [1.29, 1.82) is 0 Å². The largest absolute Gasteiger partial charge is 0.379 e. The maximum absolute atomic E-state index is 5.35. The van der Waals surface area contributed by atoms with E-state index in [1.54, 1.807) is 0 Å². The fraction of sp³-hybridized carbons (Fsp3) is 0.667. The molecule has 2 rings (SSSR count). The molecular weight excluding hydrogens is 188 g/mol. The first-order valence-electron chi connectivity index (χ1n) is 5.84. The van der Waals surface area contributed by atoms with Crippen molar-refractivity contribution in [1.82, 2.24) is 9.47 Å². The van der Waals surface area contributed by atoms with Gasteiger partial charge in [0.25, 0.3) is 0 Å². The van der Waals surface area contributed by atoms with E-state index in [1.165, 1.54) is 12.1 Å². The van der Waals surface area contributed by atoms with E-state index in [9.17, 15) is 0 Å². The fourth-order valence-electron chi connectivity index (χ4n) is 2.04. The first-order chi connectivity index (χ1) is 7.40. The summed E-state index contributed by atoms with van der Waals surface area (Å²) in [6.45, 7) is 8.32. The minimum absolute atomic E-state index is 0.883. The van der Waals surface area contributed by atoms with Crippen LogP contribution in [0.25, 0.3) is 0 Å². The Labute approximate surface area is 91.6 Å². The topological polar surface area (TPSA) is 17.4 Å². The third-order valence-corrected chi connectivity index (χ3v) is 2.88. The van der Waals surface area contributed by atoms with Gasteiger partial charge in [-0.3, -0.25) is 4.90 Å². The molecule has 2 heterocycles. The average molecular weight is 208 g/mol. The van der Waals surface area contributed by atoms with E-state index in [-0.39, 0.29) is 0 Å². The average Bonchev–Trinajstić information content (AvgIpc) is 2.68. The van der Waals surface area contributed by atoms with Crippen LogP contribution in [0.4, 0.5) is 0 Å². The van der Waals surface area contributed by atoms with Gasteiger partial charge in [0.15, 0.2) is 0 Å². The summed E-state index contributed by atoms with van der Waals surface area (Å²) in [5, 5.41) is 0. The van der Waals surface area contributed by atoms with Gasteiger partial charge in [0.1, 0.15) is 0 Å². The van der Waals surface area contributed by atoms with Crippen LogP contribution in [0.5, 0.6) is 0 Å². The Balaban J connectivity index is 1.93. The van der Waals surface area contributed by atoms with Crippen molar-refractivity contribution in [3.8, 4) is 0 Å². The Bertz CT molecular complexity index is 290. The van der Waals surface area contributed by atoms with E-state index in [0.717, 1.165) is 39.4 Å². The zero-order chi connectivity index (χ0) is 10.5. The fourth-order valence-corrected chi connectivity index (χ4v) is 2.04. The Morgan fingerprint density at radius 1 is 1.33 bits per heavy atom. The summed E-state index contributed by atoms with van der Waals surface area (Å²) >= 11 is 0. The van der Waals surface area contributed by atoms with Crippen LogP contribution in [0.3, 0.4) is 0 Å². The number of nitrogens with zero attached hydrogens (tertiary/aromatic N) is 2. The van der Waals surface area contributed by atoms with E-state index in [2.05, 4.69) is 34.7 Å². The molecule has 0 aliphatic carbocycles. The number of rotatable bonds is 4. The van der Waals surface area contributed by atoms with E-state index >= 15 is 0 Å². The molecule has 1 aromatic rings. The molecule has 3 nitrogen and oxygen atoms in total. The predicted molar refractivity (Wildman–Crippen MR) is 60.8 cm³/mol. The zero-order valence-corrected chi connectivity index (χ0v) is 9.48. The summed E-state index contributed by atoms with van der Waals surface area (Å²) in [6.07, 6.45) is 3.38. The zero-order valence-electron chi connectivity index (χ0n) is 9.48. The molecule has 1 aliphatic heterocycles. The van der Waals surface area contributed by atoms with Crippen molar-refractivity contribution in [2.24, 2.45) is 0 Å². The lowest BCUT2D eigenvalue weighted by atomic mass is 10.3. The van der Waals surface area contributed by atoms with Crippen molar-refractivity contribution < 1.29 is 4.74 Å². The van der Waals surface area contributed by atoms with Gasteiger partial charge in [-0.25, -0.2) is 0 Å². The summed E-state index contributed by atoms with van der Waals surface area (Å²) in [5.41, 5.74) is 1.43. The lowest BCUT2D eigenvalue weighted by Gasteiger charge is -2.26. The maximum Gasteiger partial charge on any atom is 0.0594 e. The SMILES string of the molecule is CCCn1cccc1CN1CCOCC1. The van der Waals surface area contributed by atoms with Gasteiger partial charge in [0.2, 0.25) is 0 Å². The second-order valence-corrected chi connectivity index (χ2v) is 4.08. The lowest BCUT2D eigenvalue weighted by molar-refractivity contribution is 0.0332. The van der Waals surface area contributed by atoms with Gasteiger partial charge in [0, 0.05) is 38.1 Å². The van der Waals surface area contributed by atoms with Gasteiger partial charge in [-0.2, -0.15) is 0 Å². The molecular formula is C12H20N2O. The molecule has 84 valence electrons. The molecule has 1 aromatic heterocycles. The first-order valence-corrected chi connectivity index (χ1v) is 5.84. The molecule has 1 saturated heterocycles. The van der Waals surface area contributed by atoms with E-state index < -0.39 is 0 Å². The van der Waals surface area contributed by atoms with Crippen LogP contribution in [-0.2, 0) is 17.8 Å². The van der Waals surface area contributed by atoms with E-state index in [4.69, 9.17) is 4.74 Å². The number of aryl methyl sites for hydroxylation is 1. The Hall–Kier alpha value is -0.800. The first kappa shape index (κ1) is 10.7. The van der Waals surface area contributed by atoms with Crippen LogP contribution >= 0.6 is 0 Å². The standard InChI is InChI=1S/C12H20N2O/c1-2-5-14-6-3-4-12(14)11-13-7-9-15-10-8-13/h3-4,6H,2,5,7-11H2,1H3. The van der Waals surface area contributed by atoms with Crippen molar-refractivity contribution in [3.63, 3.8) is 0 Å². The third kappa shape index (κ3) is 2.83. The number of hydrogen-bond donors (Lipinski definition) is 0. The second kappa shape index (κ2) is 5.33. The van der Waals surface area contributed by atoms with Crippen LogP contribution in [0.1, 0.15) is 19.0 Å². The van der Waals surface area contributed by atoms with E-state index in [0.29, 0.717) is 0 Å². The molecule has 0 radical (unpaired) electrons. The molecule has 0 spiro atoms. The number of hydrogen-bond acceptors (Lipinski definition) is 2. The molecule has 0 amide bonds. The Kier molecular flexibility index (Phi) is 3.80. The molecule has 0 unspecified atom stereocenters. The minimum atomic E-state index is 0.883. The molecule has 3 heteroatoms. The van der Waals surface area contributed by atoms with Crippen molar-refractivity contribution in [3.05, 3.63) is 24.0 Å². The number of morpholine rings is 1. The maximum atomic E-state index is 5.35. The molecule has 0 bridgehead atoms. The number of ether oxygens (including phenoxy) is 1. The highest BCUT2D eigenvalue weighted by Gasteiger charge is 2.12. The molecule has 0 N–H and O–H groups in total. The Morgan fingerprint density at radius 2 is 2.13 bits per heavy atom. The molecule has 0 saturated carbocycles.